The van der Waals surface area contributed by atoms with Crippen LogP contribution in [0.15, 0.2) is 36.9 Å². The summed E-state index contributed by atoms with van der Waals surface area (Å²) in [6, 6.07) is 5.28. The van der Waals surface area contributed by atoms with Crippen LogP contribution in [-0.4, -0.2) is 41.3 Å². The van der Waals surface area contributed by atoms with E-state index in [9.17, 15) is 8.42 Å². The average molecular weight is 426 g/mol. The Labute approximate surface area is 166 Å². The van der Waals surface area contributed by atoms with Crippen molar-refractivity contribution in [2.75, 3.05) is 17.2 Å². The minimum Gasteiger partial charge on any atom is -0.352 e. The third kappa shape index (κ3) is 3.62. The van der Waals surface area contributed by atoms with E-state index in [4.69, 9.17) is 33.3 Å². The second-order valence-electron chi connectivity index (χ2n) is 6.55. The van der Waals surface area contributed by atoms with Crippen LogP contribution in [-0.2, 0) is 10.0 Å². The molecule has 1 saturated heterocycles. The predicted octanol–water partition coefficient (Wildman–Crippen LogP) is 2.98. The highest BCUT2D eigenvalue weighted by Gasteiger charge is 2.30. The first kappa shape index (κ1) is 18.5. The van der Waals surface area contributed by atoms with E-state index in [0.717, 1.165) is 23.9 Å². The first-order chi connectivity index (χ1) is 12.8. The first-order valence-corrected chi connectivity index (χ1v) is 10.8. The number of sulfonamides is 1. The van der Waals surface area contributed by atoms with Crippen LogP contribution in [0.25, 0.3) is 16.6 Å². The van der Waals surface area contributed by atoms with Crippen molar-refractivity contribution in [2.24, 2.45) is 5.14 Å². The second-order valence-corrected chi connectivity index (χ2v) is 8.99. The van der Waals surface area contributed by atoms with Crippen molar-refractivity contribution >= 4 is 49.9 Å². The van der Waals surface area contributed by atoms with Crippen LogP contribution in [0, 0.1) is 0 Å². The minimum atomic E-state index is -3.59. The number of rotatable bonds is 4. The summed E-state index contributed by atoms with van der Waals surface area (Å²) in [6.45, 7) is 0.695. The van der Waals surface area contributed by atoms with Gasteiger partial charge in [-0.05, 0) is 25.0 Å². The minimum absolute atomic E-state index is 0.115. The molecule has 2 aromatic heterocycles. The van der Waals surface area contributed by atoms with E-state index in [-0.39, 0.29) is 11.8 Å². The zero-order valence-corrected chi connectivity index (χ0v) is 16.5. The highest BCUT2D eigenvalue weighted by molar-refractivity contribution is 7.89. The SMILES string of the molecule is NS(=O)(=O)CC1CCCN1c1cc(-n2ccnc2)c2ccc(Cl)c(Cl)c2n1. The molecule has 1 atom stereocenters. The van der Waals surface area contributed by atoms with Gasteiger partial charge < -0.3 is 9.47 Å². The van der Waals surface area contributed by atoms with Crippen LogP contribution in [0.3, 0.4) is 0 Å². The molecule has 1 aliphatic heterocycles. The van der Waals surface area contributed by atoms with Gasteiger partial charge in [0.1, 0.15) is 5.82 Å². The van der Waals surface area contributed by atoms with Crippen molar-refractivity contribution in [3.8, 4) is 5.69 Å². The number of benzene rings is 1. The van der Waals surface area contributed by atoms with Gasteiger partial charge in [0, 0.05) is 36.4 Å². The topological polar surface area (TPSA) is 94.1 Å². The monoisotopic (exact) mass is 425 g/mol. The number of imidazole rings is 1. The van der Waals surface area contributed by atoms with Crippen LogP contribution in [0.5, 0.6) is 0 Å². The van der Waals surface area contributed by atoms with Gasteiger partial charge in [0.05, 0.1) is 33.3 Å². The van der Waals surface area contributed by atoms with E-state index < -0.39 is 10.0 Å². The van der Waals surface area contributed by atoms with Crippen molar-refractivity contribution in [2.45, 2.75) is 18.9 Å². The number of anilines is 1. The molecule has 0 amide bonds. The smallest absolute Gasteiger partial charge is 0.211 e. The number of hydrogen-bond donors (Lipinski definition) is 1. The summed E-state index contributed by atoms with van der Waals surface area (Å²) in [4.78, 5) is 10.8. The lowest BCUT2D eigenvalue weighted by atomic mass is 10.1. The van der Waals surface area contributed by atoms with Gasteiger partial charge in [-0.3, -0.25) is 0 Å². The van der Waals surface area contributed by atoms with Crippen molar-refractivity contribution in [1.29, 1.82) is 0 Å². The summed E-state index contributed by atoms with van der Waals surface area (Å²) in [5.74, 6) is 0.526. The third-order valence-corrected chi connectivity index (χ3v) is 6.36. The molecular formula is C17H17Cl2N5O2S. The summed E-state index contributed by atoms with van der Waals surface area (Å²) < 4.78 is 25.1. The zero-order valence-electron chi connectivity index (χ0n) is 14.2. The normalized spacial score (nSPS) is 17.7. The van der Waals surface area contributed by atoms with E-state index >= 15 is 0 Å². The molecule has 0 spiro atoms. The molecule has 2 N–H and O–H groups in total. The lowest BCUT2D eigenvalue weighted by molar-refractivity contribution is 0.587. The molecule has 1 fully saturated rings. The van der Waals surface area contributed by atoms with Crippen LogP contribution in [0.4, 0.5) is 5.82 Å². The fraction of sp³-hybridized carbons (Fsp3) is 0.294. The van der Waals surface area contributed by atoms with E-state index in [0.29, 0.717) is 27.9 Å². The maximum absolute atomic E-state index is 11.6. The number of aromatic nitrogens is 3. The molecule has 3 aromatic rings. The maximum atomic E-state index is 11.6. The van der Waals surface area contributed by atoms with Crippen LogP contribution in [0.1, 0.15) is 12.8 Å². The van der Waals surface area contributed by atoms with Crippen molar-refractivity contribution < 1.29 is 8.42 Å². The van der Waals surface area contributed by atoms with Gasteiger partial charge in [-0.2, -0.15) is 0 Å². The first-order valence-electron chi connectivity index (χ1n) is 8.38. The van der Waals surface area contributed by atoms with Gasteiger partial charge in [-0.25, -0.2) is 23.5 Å². The molecule has 4 rings (SSSR count). The van der Waals surface area contributed by atoms with E-state index in [1.807, 2.05) is 27.8 Å². The summed E-state index contributed by atoms with van der Waals surface area (Å²) in [7, 11) is -3.59. The molecule has 1 unspecified atom stereocenters. The molecule has 0 aliphatic carbocycles. The molecule has 1 aromatic carbocycles. The highest BCUT2D eigenvalue weighted by atomic mass is 35.5. The fourth-order valence-electron chi connectivity index (χ4n) is 3.54. The molecule has 3 heterocycles. The van der Waals surface area contributed by atoms with Gasteiger partial charge >= 0.3 is 0 Å². The van der Waals surface area contributed by atoms with Crippen LogP contribution < -0.4 is 10.0 Å². The number of nitrogens with two attached hydrogens (primary N) is 1. The van der Waals surface area contributed by atoms with Crippen molar-refractivity contribution in [3.05, 3.63) is 47.0 Å². The quantitative estimate of drug-likeness (QED) is 0.692. The lowest BCUT2D eigenvalue weighted by Gasteiger charge is -2.26. The Hall–Kier alpha value is -1.87. The third-order valence-electron chi connectivity index (χ3n) is 4.72. The number of hydrogen-bond acceptors (Lipinski definition) is 5. The number of halogens is 2. The number of nitrogens with zero attached hydrogens (tertiary/aromatic N) is 4. The van der Waals surface area contributed by atoms with Crippen LogP contribution >= 0.6 is 23.2 Å². The van der Waals surface area contributed by atoms with Crippen LogP contribution in [0.2, 0.25) is 10.0 Å². The number of pyridine rings is 1. The maximum Gasteiger partial charge on any atom is 0.211 e. The lowest BCUT2D eigenvalue weighted by Crippen LogP contribution is -2.37. The second kappa shape index (κ2) is 6.94. The Morgan fingerprint density at radius 1 is 1.30 bits per heavy atom. The van der Waals surface area contributed by atoms with Crippen molar-refractivity contribution in [3.63, 3.8) is 0 Å². The van der Waals surface area contributed by atoms with E-state index in [1.165, 1.54) is 0 Å². The standard InChI is InChI=1S/C17H17Cl2N5O2S/c18-13-4-3-12-14(23-7-5-21-10-23)8-15(22-17(12)16(13)19)24-6-1-2-11(24)9-27(20,25)26/h3-5,7-8,10-11H,1-2,6,9H2,(H2,20,25,26). The van der Waals surface area contributed by atoms with Gasteiger partial charge in [-0.15, -0.1) is 0 Å². The Bertz CT molecular complexity index is 1100. The Morgan fingerprint density at radius 2 is 2.11 bits per heavy atom. The summed E-state index contributed by atoms with van der Waals surface area (Å²) in [6.07, 6.45) is 6.80. The van der Waals surface area contributed by atoms with Gasteiger partial charge in [0.15, 0.2) is 0 Å². The molecule has 7 nitrogen and oxygen atoms in total. The number of primary sulfonamides is 1. The molecule has 27 heavy (non-hydrogen) atoms. The number of fused-ring (bicyclic) bond motifs is 1. The largest absolute Gasteiger partial charge is 0.352 e. The van der Waals surface area contributed by atoms with E-state index in [2.05, 4.69) is 4.98 Å². The van der Waals surface area contributed by atoms with Gasteiger partial charge in [0.2, 0.25) is 10.0 Å². The summed E-state index contributed by atoms with van der Waals surface area (Å²) in [5, 5.41) is 6.87. The highest BCUT2D eigenvalue weighted by Crippen LogP contribution is 2.36. The predicted molar refractivity (Wildman–Crippen MR) is 107 cm³/mol. The molecule has 0 bridgehead atoms. The van der Waals surface area contributed by atoms with Crippen molar-refractivity contribution in [1.82, 2.24) is 14.5 Å². The molecular weight excluding hydrogens is 409 g/mol. The van der Waals surface area contributed by atoms with E-state index in [1.54, 1.807) is 18.6 Å². The molecule has 10 heteroatoms. The Balaban J connectivity index is 1.90. The van der Waals surface area contributed by atoms with Gasteiger partial charge in [0.25, 0.3) is 0 Å². The Kier molecular flexibility index (Phi) is 4.75. The molecule has 142 valence electrons. The molecule has 0 saturated carbocycles. The molecule has 0 radical (unpaired) electrons. The van der Waals surface area contributed by atoms with Gasteiger partial charge in [-0.1, -0.05) is 23.2 Å². The summed E-state index contributed by atoms with van der Waals surface area (Å²) in [5.41, 5.74) is 1.40. The summed E-state index contributed by atoms with van der Waals surface area (Å²) >= 11 is 12.6. The average Bonchev–Trinajstić information content (AvgIpc) is 3.28. The fourth-order valence-corrected chi connectivity index (χ4v) is 4.79. The Morgan fingerprint density at radius 3 is 2.81 bits per heavy atom. The zero-order chi connectivity index (χ0) is 19.2. The molecule has 1 aliphatic rings.